The van der Waals surface area contributed by atoms with Gasteiger partial charge >= 0.3 is 0 Å². The van der Waals surface area contributed by atoms with Crippen LogP contribution >= 0.6 is 11.6 Å². The number of halogens is 2. The van der Waals surface area contributed by atoms with Gasteiger partial charge in [0, 0.05) is 55.3 Å². The normalized spacial score (nSPS) is 21.4. The Morgan fingerprint density at radius 3 is 2.30 bits per heavy atom. The summed E-state index contributed by atoms with van der Waals surface area (Å²) in [7, 11) is 0. The molecule has 3 nitrogen and oxygen atoms in total. The van der Waals surface area contributed by atoms with Crippen molar-refractivity contribution in [3.63, 3.8) is 0 Å². The summed E-state index contributed by atoms with van der Waals surface area (Å²) in [6.07, 6.45) is 0.376. The van der Waals surface area contributed by atoms with Gasteiger partial charge in [-0.05, 0) is 37.1 Å². The second kappa shape index (κ2) is 8.68. The molecule has 1 atom stereocenters. The molecule has 3 aromatic carbocycles. The van der Waals surface area contributed by atoms with Gasteiger partial charge in [-0.15, -0.1) is 0 Å². The molecule has 1 heterocycles. The van der Waals surface area contributed by atoms with Crippen LogP contribution in [0.5, 0.6) is 0 Å². The Morgan fingerprint density at radius 1 is 0.939 bits per heavy atom. The van der Waals surface area contributed by atoms with Gasteiger partial charge in [-0.3, -0.25) is 14.6 Å². The molecule has 2 aliphatic rings. The van der Waals surface area contributed by atoms with Crippen LogP contribution in [0.15, 0.2) is 60.7 Å². The van der Waals surface area contributed by atoms with Gasteiger partial charge in [-0.1, -0.05) is 71.3 Å². The topological polar surface area (TPSA) is 23.6 Å². The van der Waals surface area contributed by atoms with Gasteiger partial charge in [-0.25, -0.2) is 4.39 Å². The number of hydrogen-bond acceptors (Lipinski definition) is 3. The van der Waals surface area contributed by atoms with Gasteiger partial charge in [-0.2, -0.15) is 0 Å². The predicted octanol–water partition coefficient (Wildman–Crippen LogP) is 5.55. The fourth-order valence-corrected chi connectivity index (χ4v) is 5.75. The number of carbonyl (C=O) groups is 1. The zero-order valence-corrected chi connectivity index (χ0v) is 19.8. The molecule has 0 saturated carbocycles. The zero-order chi connectivity index (χ0) is 23.2. The van der Waals surface area contributed by atoms with Crippen LogP contribution in [0.1, 0.15) is 38.2 Å². The minimum absolute atomic E-state index is 0.0153. The number of piperazine rings is 1. The van der Waals surface area contributed by atoms with E-state index in [4.69, 9.17) is 11.6 Å². The maximum Gasteiger partial charge on any atom is 0.188 e. The Labute approximate surface area is 199 Å². The molecule has 1 saturated heterocycles. The van der Waals surface area contributed by atoms with Crippen molar-refractivity contribution in [3.05, 3.63) is 105 Å². The second-order valence-electron chi connectivity index (χ2n) is 9.36. The fourth-order valence-electron chi connectivity index (χ4n) is 5.55. The van der Waals surface area contributed by atoms with Crippen molar-refractivity contribution >= 4 is 17.4 Å². The van der Waals surface area contributed by atoms with Gasteiger partial charge < -0.3 is 0 Å². The van der Waals surface area contributed by atoms with Crippen LogP contribution in [-0.2, 0) is 18.5 Å². The van der Waals surface area contributed by atoms with Crippen LogP contribution in [0.4, 0.5) is 4.39 Å². The first-order valence-electron chi connectivity index (χ1n) is 11.5. The summed E-state index contributed by atoms with van der Waals surface area (Å²) in [5.41, 5.74) is 4.52. The molecule has 1 unspecified atom stereocenters. The lowest BCUT2D eigenvalue weighted by Gasteiger charge is -2.45. The lowest BCUT2D eigenvalue weighted by atomic mass is 9.82. The summed E-state index contributed by atoms with van der Waals surface area (Å²) in [4.78, 5) is 18.6. The van der Waals surface area contributed by atoms with E-state index < -0.39 is 5.54 Å². The molecule has 0 aromatic heterocycles. The average Bonchev–Trinajstić information content (AvgIpc) is 3.10. The van der Waals surface area contributed by atoms with E-state index in [2.05, 4.69) is 47.9 Å². The Kier molecular flexibility index (Phi) is 5.86. The SMILES string of the molecule is Cc1cc(C)cc(C2(N3CCN(Cc4ccccc4Cl)CC3)Cc3c(F)cccc3C2=O)c1. The van der Waals surface area contributed by atoms with E-state index in [-0.39, 0.29) is 11.6 Å². The van der Waals surface area contributed by atoms with E-state index >= 15 is 0 Å². The minimum Gasteiger partial charge on any atom is -0.296 e. The summed E-state index contributed by atoms with van der Waals surface area (Å²) < 4.78 is 14.8. The van der Waals surface area contributed by atoms with Crippen molar-refractivity contribution in [3.8, 4) is 0 Å². The van der Waals surface area contributed by atoms with Crippen LogP contribution in [-0.4, -0.2) is 41.8 Å². The highest BCUT2D eigenvalue weighted by Crippen LogP contribution is 2.44. The molecule has 5 rings (SSSR count). The van der Waals surface area contributed by atoms with Gasteiger partial charge in [0.1, 0.15) is 11.4 Å². The van der Waals surface area contributed by atoms with Crippen LogP contribution in [0.25, 0.3) is 0 Å². The molecule has 1 aliphatic carbocycles. The first-order chi connectivity index (χ1) is 15.9. The molecule has 5 heteroatoms. The molecular formula is C28H28ClFN2O. The predicted molar refractivity (Wildman–Crippen MR) is 130 cm³/mol. The van der Waals surface area contributed by atoms with E-state index in [0.29, 0.717) is 17.5 Å². The fraction of sp³-hybridized carbons (Fsp3) is 0.321. The molecule has 1 aliphatic heterocycles. The minimum atomic E-state index is -0.863. The van der Waals surface area contributed by atoms with Crippen LogP contribution < -0.4 is 0 Å². The third-order valence-corrected chi connectivity index (χ3v) is 7.50. The lowest BCUT2D eigenvalue weighted by molar-refractivity contribution is 0.0286. The summed E-state index contributed by atoms with van der Waals surface area (Å²) in [5.74, 6) is -0.272. The Bertz CT molecular complexity index is 1200. The third kappa shape index (κ3) is 3.90. The molecule has 0 spiro atoms. The summed E-state index contributed by atoms with van der Waals surface area (Å²) >= 11 is 6.38. The highest BCUT2D eigenvalue weighted by Gasteiger charge is 2.52. The molecule has 1 fully saturated rings. The maximum atomic E-state index is 14.8. The number of rotatable bonds is 4. The number of carbonyl (C=O) groups excluding carboxylic acids is 1. The number of hydrogen-bond donors (Lipinski definition) is 0. The van der Waals surface area contributed by atoms with Gasteiger partial charge in [0.2, 0.25) is 0 Å². The summed E-state index contributed by atoms with van der Waals surface area (Å²) in [5, 5.41) is 0.781. The molecular weight excluding hydrogens is 435 g/mol. The number of benzene rings is 3. The third-order valence-electron chi connectivity index (χ3n) is 7.13. The van der Waals surface area contributed by atoms with Gasteiger partial charge in [0.05, 0.1) is 0 Å². The maximum absolute atomic E-state index is 14.8. The number of aryl methyl sites for hydroxylation is 2. The highest BCUT2D eigenvalue weighted by molar-refractivity contribution is 6.31. The number of fused-ring (bicyclic) bond motifs is 1. The van der Waals surface area contributed by atoms with Crippen LogP contribution in [0.3, 0.4) is 0 Å². The molecule has 3 aromatic rings. The number of nitrogens with zero attached hydrogens (tertiary/aromatic N) is 2. The van der Waals surface area contributed by atoms with Gasteiger partial charge in [0.25, 0.3) is 0 Å². The lowest BCUT2D eigenvalue weighted by Crippen LogP contribution is -2.58. The van der Waals surface area contributed by atoms with Crippen molar-refractivity contribution in [2.45, 2.75) is 32.4 Å². The summed E-state index contributed by atoms with van der Waals surface area (Å²) in [6, 6.07) is 19.1. The van der Waals surface area contributed by atoms with Crippen molar-refractivity contribution in [2.75, 3.05) is 26.2 Å². The standard InChI is InChI=1S/C28H28ClFN2O/c1-19-14-20(2)16-22(15-19)28(17-24-23(27(28)33)7-5-9-26(24)30)32-12-10-31(11-13-32)18-21-6-3-4-8-25(21)29/h3-9,14-16H,10-13,17-18H2,1-2H3. The van der Waals surface area contributed by atoms with Crippen LogP contribution in [0.2, 0.25) is 5.02 Å². The Balaban J connectivity index is 1.48. The van der Waals surface area contributed by atoms with E-state index in [0.717, 1.165) is 60.0 Å². The number of ketones is 1. The van der Waals surface area contributed by atoms with E-state index in [9.17, 15) is 9.18 Å². The Hall–Kier alpha value is -2.53. The van der Waals surface area contributed by atoms with E-state index in [1.54, 1.807) is 12.1 Å². The molecule has 0 amide bonds. The second-order valence-corrected chi connectivity index (χ2v) is 9.77. The number of Topliss-reactive ketones (excluding diaryl/α,β-unsaturated/α-hetero) is 1. The van der Waals surface area contributed by atoms with E-state index in [1.807, 2.05) is 18.2 Å². The quantitative estimate of drug-likeness (QED) is 0.508. The van der Waals surface area contributed by atoms with Crippen molar-refractivity contribution < 1.29 is 9.18 Å². The summed E-state index contributed by atoms with van der Waals surface area (Å²) in [6.45, 7) is 8.01. The average molecular weight is 463 g/mol. The van der Waals surface area contributed by atoms with E-state index in [1.165, 1.54) is 6.07 Å². The molecule has 0 radical (unpaired) electrons. The largest absolute Gasteiger partial charge is 0.296 e. The first kappa shape index (κ1) is 22.3. The van der Waals surface area contributed by atoms with Crippen LogP contribution in [0, 0.1) is 19.7 Å². The smallest absolute Gasteiger partial charge is 0.188 e. The van der Waals surface area contributed by atoms with Crippen molar-refractivity contribution in [1.82, 2.24) is 9.80 Å². The van der Waals surface area contributed by atoms with Crippen molar-refractivity contribution in [2.24, 2.45) is 0 Å². The zero-order valence-electron chi connectivity index (χ0n) is 19.1. The van der Waals surface area contributed by atoms with Crippen molar-refractivity contribution in [1.29, 1.82) is 0 Å². The molecule has 0 bridgehead atoms. The Morgan fingerprint density at radius 2 is 1.64 bits per heavy atom. The molecule has 33 heavy (non-hydrogen) atoms. The van der Waals surface area contributed by atoms with Gasteiger partial charge in [0.15, 0.2) is 5.78 Å². The molecule has 170 valence electrons. The monoisotopic (exact) mass is 462 g/mol. The first-order valence-corrected chi connectivity index (χ1v) is 11.9. The molecule has 0 N–H and O–H groups in total. The highest BCUT2D eigenvalue weighted by atomic mass is 35.5.